The minimum atomic E-state index is 0.260. The van der Waals surface area contributed by atoms with Gasteiger partial charge in [0.05, 0.1) is 0 Å². The number of hydrogen-bond acceptors (Lipinski definition) is 2. The molecule has 1 saturated heterocycles. The standard InChI is InChI=1S/C24H32N4O/c1-18-8-6-11-20(14-18)19(2)15-26-24(25-3)27-16-21-9-4-5-10-22(21)17-28-13-7-12-23(28)29/h4-6,8-11,14,19H,7,12-13,15-17H2,1-3H3,(H2,25,26,27). The third kappa shape index (κ3) is 5.83. The summed E-state index contributed by atoms with van der Waals surface area (Å²) in [6.45, 7) is 7.38. The van der Waals surface area contributed by atoms with Crippen molar-refractivity contribution >= 4 is 11.9 Å². The lowest BCUT2D eigenvalue weighted by molar-refractivity contribution is -0.128. The van der Waals surface area contributed by atoms with Gasteiger partial charge < -0.3 is 15.5 Å². The Bertz CT molecular complexity index is 861. The van der Waals surface area contributed by atoms with E-state index in [0.29, 0.717) is 25.4 Å². The van der Waals surface area contributed by atoms with Gasteiger partial charge in [-0.1, -0.05) is 61.0 Å². The van der Waals surface area contributed by atoms with E-state index in [1.807, 2.05) is 17.0 Å². The van der Waals surface area contributed by atoms with E-state index in [-0.39, 0.29) is 5.91 Å². The first-order valence-electron chi connectivity index (χ1n) is 10.4. The molecule has 2 aromatic rings. The van der Waals surface area contributed by atoms with Crippen LogP contribution in [-0.2, 0) is 17.9 Å². The highest BCUT2D eigenvalue weighted by molar-refractivity contribution is 5.80. The first kappa shape index (κ1) is 20.9. The molecule has 1 unspecified atom stereocenters. The smallest absolute Gasteiger partial charge is 0.222 e. The van der Waals surface area contributed by atoms with Gasteiger partial charge in [0.15, 0.2) is 5.96 Å². The number of aliphatic imine (C=N–C) groups is 1. The molecule has 29 heavy (non-hydrogen) atoms. The van der Waals surface area contributed by atoms with Crippen molar-refractivity contribution in [1.29, 1.82) is 0 Å². The summed E-state index contributed by atoms with van der Waals surface area (Å²) in [5, 5.41) is 6.85. The lowest BCUT2D eigenvalue weighted by Gasteiger charge is -2.20. The Morgan fingerprint density at radius 2 is 1.93 bits per heavy atom. The summed E-state index contributed by atoms with van der Waals surface area (Å²) in [5.41, 5.74) is 5.00. The second-order valence-corrected chi connectivity index (χ2v) is 7.81. The van der Waals surface area contributed by atoms with Crippen molar-refractivity contribution in [3.05, 3.63) is 70.8 Å². The zero-order valence-electron chi connectivity index (χ0n) is 17.7. The predicted octanol–water partition coefficient (Wildman–Crippen LogP) is 3.59. The Labute approximate surface area is 174 Å². The summed E-state index contributed by atoms with van der Waals surface area (Å²) in [4.78, 5) is 18.3. The lowest BCUT2D eigenvalue weighted by atomic mass is 9.99. The number of amides is 1. The van der Waals surface area contributed by atoms with Gasteiger partial charge in [0.1, 0.15) is 0 Å². The molecule has 1 fully saturated rings. The van der Waals surface area contributed by atoms with E-state index in [1.165, 1.54) is 22.3 Å². The van der Waals surface area contributed by atoms with Gasteiger partial charge in [-0.15, -0.1) is 0 Å². The van der Waals surface area contributed by atoms with Crippen molar-refractivity contribution in [2.75, 3.05) is 20.1 Å². The molecule has 1 aliphatic heterocycles. The van der Waals surface area contributed by atoms with Gasteiger partial charge in [-0.2, -0.15) is 0 Å². The van der Waals surface area contributed by atoms with Crippen LogP contribution in [0.3, 0.4) is 0 Å². The second kappa shape index (κ2) is 10.1. The molecule has 1 aliphatic rings. The zero-order chi connectivity index (χ0) is 20.6. The van der Waals surface area contributed by atoms with Crippen molar-refractivity contribution in [3.8, 4) is 0 Å². The maximum Gasteiger partial charge on any atom is 0.222 e. The Morgan fingerprint density at radius 3 is 2.62 bits per heavy atom. The first-order valence-corrected chi connectivity index (χ1v) is 10.4. The number of hydrogen-bond donors (Lipinski definition) is 2. The number of aryl methyl sites for hydroxylation is 1. The molecule has 2 aromatic carbocycles. The van der Waals surface area contributed by atoms with Crippen molar-refractivity contribution in [2.24, 2.45) is 4.99 Å². The summed E-state index contributed by atoms with van der Waals surface area (Å²) in [7, 11) is 1.79. The summed E-state index contributed by atoms with van der Waals surface area (Å²) >= 11 is 0. The van der Waals surface area contributed by atoms with Crippen molar-refractivity contribution in [3.63, 3.8) is 0 Å². The summed E-state index contributed by atoms with van der Waals surface area (Å²) in [6.07, 6.45) is 1.64. The molecule has 5 heteroatoms. The van der Waals surface area contributed by atoms with Gasteiger partial charge in [-0.05, 0) is 36.0 Å². The fourth-order valence-electron chi connectivity index (χ4n) is 3.70. The van der Waals surface area contributed by atoms with Gasteiger partial charge in [0.25, 0.3) is 0 Å². The molecular weight excluding hydrogens is 360 g/mol. The number of nitrogens with zero attached hydrogens (tertiary/aromatic N) is 2. The van der Waals surface area contributed by atoms with E-state index in [9.17, 15) is 4.79 Å². The minimum absolute atomic E-state index is 0.260. The molecule has 0 saturated carbocycles. The molecule has 1 atom stereocenters. The first-order chi connectivity index (χ1) is 14.1. The van der Waals surface area contributed by atoms with Crippen LogP contribution in [0.5, 0.6) is 0 Å². The summed E-state index contributed by atoms with van der Waals surface area (Å²) in [6, 6.07) is 16.9. The average molecular weight is 393 g/mol. The van der Waals surface area contributed by atoms with Gasteiger partial charge in [-0.25, -0.2) is 0 Å². The van der Waals surface area contributed by atoms with Gasteiger partial charge in [0.2, 0.25) is 5.91 Å². The number of nitrogens with one attached hydrogen (secondary N) is 2. The monoisotopic (exact) mass is 392 g/mol. The molecule has 5 nitrogen and oxygen atoms in total. The van der Waals surface area contributed by atoms with Gasteiger partial charge >= 0.3 is 0 Å². The summed E-state index contributed by atoms with van der Waals surface area (Å²) in [5.74, 6) is 1.44. The SMILES string of the molecule is CN=C(NCc1ccccc1CN1CCCC1=O)NCC(C)c1cccc(C)c1. The van der Waals surface area contributed by atoms with Crippen molar-refractivity contribution in [1.82, 2.24) is 15.5 Å². The summed E-state index contributed by atoms with van der Waals surface area (Å²) < 4.78 is 0. The topological polar surface area (TPSA) is 56.7 Å². The maximum atomic E-state index is 12.0. The molecule has 0 aliphatic carbocycles. The van der Waals surface area contributed by atoms with E-state index in [0.717, 1.165) is 25.5 Å². The van der Waals surface area contributed by atoms with E-state index in [1.54, 1.807) is 7.05 Å². The highest BCUT2D eigenvalue weighted by Gasteiger charge is 2.20. The largest absolute Gasteiger partial charge is 0.356 e. The number of likely N-dealkylation sites (tertiary alicyclic amines) is 1. The van der Waals surface area contributed by atoms with Crippen LogP contribution < -0.4 is 10.6 Å². The Kier molecular flexibility index (Phi) is 7.28. The van der Waals surface area contributed by atoms with Crippen LogP contribution in [0.25, 0.3) is 0 Å². The third-order valence-electron chi connectivity index (χ3n) is 5.51. The Morgan fingerprint density at radius 1 is 1.14 bits per heavy atom. The number of benzene rings is 2. The van der Waals surface area contributed by atoms with E-state index in [4.69, 9.17) is 0 Å². The fourth-order valence-corrected chi connectivity index (χ4v) is 3.70. The predicted molar refractivity (Wildman–Crippen MR) is 119 cm³/mol. The third-order valence-corrected chi connectivity index (χ3v) is 5.51. The molecule has 2 N–H and O–H groups in total. The van der Waals surface area contributed by atoms with Crippen LogP contribution in [0.1, 0.15) is 47.9 Å². The van der Waals surface area contributed by atoms with Crippen LogP contribution in [0.4, 0.5) is 0 Å². The molecule has 0 spiro atoms. The van der Waals surface area contributed by atoms with E-state index < -0.39 is 0 Å². The average Bonchev–Trinajstić information content (AvgIpc) is 3.13. The van der Waals surface area contributed by atoms with E-state index in [2.05, 4.69) is 65.9 Å². The molecule has 3 rings (SSSR count). The Balaban J connectivity index is 1.55. The number of carbonyl (C=O) groups excluding carboxylic acids is 1. The van der Waals surface area contributed by atoms with E-state index >= 15 is 0 Å². The van der Waals surface area contributed by atoms with Crippen LogP contribution >= 0.6 is 0 Å². The van der Waals surface area contributed by atoms with Crippen LogP contribution in [-0.4, -0.2) is 36.9 Å². The molecular formula is C24H32N4O. The van der Waals surface area contributed by atoms with Crippen LogP contribution in [0, 0.1) is 6.92 Å². The highest BCUT2D eigenvalue weighted by atomic mass is 16.2. The van der Waals surface area contributed by atoms with Gasteiger partial charge in [0, 0.05) is 39.6 Å². The molecule has 0 aromatic heterocycles. The quantitative estimate of drug-likeness (QED) is 0.559. The Hall–Kier alpha value is -2.82. The number of rotatable bonds is 7. The zero-order valence-corrected chi connectivity index (χ0v) is 17.7. The van der Waals surface area contributed by atoms with Crippen molar-refractivity contribution < 1.29 is 4.79 Å². The maximum absolute atomic E-state index is 12.0. The van der Waals surface area contributed by atoms with Crippen LogP contribution in [0.15, 0.2) is 53.5 Å². The molecule has 154 valence electrons. The normalized spacial score (nSPS) is 15.5. The molecule has 1 heterocycles. The lowest BCUT2D eigenvalue weighted by Crippen LogP contribution is -2.39. The van der Waals surface area contributed by atoms with Gasteiger partial charge in [-0.3, -0.25) is 9.79 Å². The second-order valence-electron chi connectivity index (χ2n) is 7.81. The highest BCUT2D eigenvalue weighted by Crippen LogP contribution is 2.17. The molecule has 0 radical (unpaired) electrons. The number of carbonyl (C=O) groups is 1. The minimum Gasteiger partial charge on any atom is -0.356 e. The van der Waals surface area contributed by atoms with Crippen LogP contribution in [0.2, 0.25) is 0 Å². The fraction of sp³-hybridized carbons (Fsp3) is 0.417. The molecule has 0 bridgehead atoms. The molecule has 1 amide bonds. The van der Waals surface area contributed by atoms with Crippen molar-refractivity contribution in [2.45, 2.75) is 45.7 Å². The number of guanidine groups is 1.